The number of fused-ring (bicyclic) bond motifs is 1. The first-order valence-electron chi connectivity index (χ1n) is 7.09. The number of hydrogen-bond acceptors (Lipinski definition) is 3. The predicted molar refractivity (Wildman–Crippen MR) is 88.7 cm³/mol. The van der Waals surface area contributed by atoms with Crippen LogP contribution in [-0.4, -0.2) is 38.6 Å². The van der Waals surface area contributed by atoms with Crippen molar-refractivity contribution in [2.45, 2.75) is 22.1 Å². The molecule has 1 fully saturated rings. The van der Waals surface area contributed by atoms with Gasteiger partial charge in [-0.05, 0) is 29.7 Å². The summed E-state index contributed by atoms with van der Waals surface area (Å²) in [7, 11) is 1.38. The maximum atomic E-state index is 12.8. The van der Waals surface area contributed by atoms with E-state index < -0.39 is 27.5 Å². The third kappa shape index (κ3) is 1.91. The highest BCUT2D eigenvalue weighted by atomic mass is 35.5. The summed E-state index contributed by atoms with van der Waals surface area (Å²) in [4.78, 5) is 23.0. The van der Waals surface area contributed by atoms with Crippen LogP contribution < -0.4 is 0 Å². The van der Waals surface area contributed by atoms with Crippen LogP contribution in [0.25, 0.3) is 0 Å². The van der Waals surface area contributed by atoms with Gasteiger partial charge in [-0.3, -0.25) is 14.5 Å². The number of benzene rings is 1. The second-order valence-electron chi connectivity index (χ2n) is 5.82. The lowest BCUT2D eigenvalue weighted by Crippen LogP contribution is -2.54. The molecule has 1 aliphatic carbocycles. The largest absolute Gasteiger partial charge is 0.508 e. The van der Waals surface area contributed by atoms with E-state index in [1.807, 2.05) is 0 Å². The number of carbonyl (C=O) groups excluding carboxylic acids is 2. The van der Waals surface area contributed by atoms with Gasteiger partial charge in [-0.2, -0.15) is 0 Å². The molecule has 3 rings (SSSR count). The van der Waals surface area contributed by atoms with Crippen LogP contribution in [0.5, 0.6) is 5.75 Å². The quantitative estimate of drug-likeness (QED) is 0.658. The van der Waals surface area contributed by atoms with E-state index in [2.05, 4.69) is 6.58 Å². The van der Waals surface area contributed by atoms with Gasteiger partial charge in [0, 0.05) is 13.0 Å². The summed E-state index contributed by atoms with van der Waals surface area (Å²) in [6, 6.07) is 6.43. The minimum absolute atomic E-state index is 0.0436. The molecule has 0 saturated carbocycles. The first kappa shape index (κ1) is 16.1. The number of halogens is 2. The summed E-state index contributed by atoms with van der Waals surface area (Å²) in [5, 5.41) is 9.78. The van der Waals surface area contributed by atoms with Crippen molar-refractivity contribution in [3.8, 4) is 5.75 Å². The van der Waals surface area contributed by atoms with Gasteiger partial charge in [-0.25, -0.2) is 0 Å². The van der Waals surface area contributed by atoms with Crippen LogP contribution in [0.15, 0.2) is 48.6 Å². The van der Waals surface area contributed by atoms with Crippen LogP contribution in [-0.2, 0) is 9.59 Å². The number of phenolic OH excluding ortho intramolecular Hbond substituents is 1. The average molecular weight is 352 g/mol. The van der Waals surface area contributed by atoms with Gasteiger partial charge in [-0.1, -0.05) is 30.9 Å². The van der Waals surface area contributed by atoms with E-state index >= 15 is 0 Å². The zero-order valence-corrected chi connectivity index (χ0v) is 13.9. The van der Waals surface area contributed by atoms with Crippen molar-refractivity contribution in [1.82, 2.24) is 4.90 Å². The Kier molecular flexibility index (Phi) is 3.58. The molecule has 2 aliphatic rings. The molecule has 1 heterocycles. The van der Waals surface area contributed by atoms with E-state index in [0.29, 0.717) is 11.1 Å². The number of hydrogen-bond donors (Lipinski definition) is 1. The fourth-order valence-electron chi connectivity index (χ4n) is 3.45. The molecular formula is C17H15Cl2NO3. The summed E-state index contributed by atoms with van der Waals surface area (Å²) in [5.41, 5.74) is 1.31. The maximum Gasteiger partial charge on any atom is 0.253 e. The van der Waals surface area contributed by atoms with E-state index in [-0.39, 0.29) is 12.2 Å². The number of amides is 2. The lowest BCUT2D eigenvalue weighted by Gasteiger charge is -2.42. The molecule has 1 saturated heterocycles. The number of imide groups is 1. The summed E-state index contributed by atoms with van der Waals surface area (Å²) < 4.78 is 0. The molecule has 120 valence electrons. The van der Waals surface area contributed by atoms with Gasteiger partial charge in [0.1, 0.15) is 5.75 Å². The fraction of sp³-hybridized carbons (Fsp3) is 0.294. The standard InChI is InChI=1S/C17H15Cl2NO3/c1-3-10-7-8-16(18)14(22)20(2)15(23)17(16,19)13(10)11-5-4-6-12(21)9-11/h3-7,9,13,21H,1,8H2,2H3/t13-,16-,17+/m1/s1. The number of carbonyl (C=O) groups is 2. The highest BCUT2D eigenvalue weighted by Crippen LogP contribution is 2.58. The van der Waals surface area contributed by atoms with Crippen molar-refractivity contribution in [2.24, 2.45) is 0 Å². The van der Waals surface area contributed by atoms with Gasteiger partial charge in [0.15, 0.2) is 9.75 Å². The van der Waals surface area contributed by atoms with E-state index in [9.17, 15) is 14.7 Å². The fourth-order valence-corrected chi connectivity index (χ4v) is 4.38. The first-order valence-corrected chi connectivity index (χ1v) is 7.84. The van der Waals surface area contributed by atoms with Gasteiger partial charge in [0.05, 0.1) is 0 Å². The second kappa shape index (κ2) is 5.11. The minimum atomic E-state index is -1.66. The normalized spacial score (nSPS) is 33.4. The van der Waals surface area contributed by atoms with Crippen LogP contribution in [0, 0.1) is 0 Å². The number of alkyl halides is 2. The Labute approximate surface area is 144 Å². The maximum absolute atomic E-state index is 12.8. The Hall–Kier alpha value is -1.78. The minimum Gasteiger partial charge on any atom is -0.508 e. The molecule has 1 aromatic rings. The molecule has 0 spiro atoms. The Morgan fingerprint density at radius 3 is 2.65 bits per heavy atom. The van der Waals surface area contributed by atoms with Gasteiger partial charge < -0.3 is 5.11 Å². The smallest absolute Gasteiger partial charge is 0.253 e. The Bertz CT molecular complexity index is 760. The molecule has 0 unspecified atom stereocenters. The SMILES string of the molecule is C=CC1=CC[C@@]2(Cl)C(=O)N(C)C(=O)[C@@]2(Cl)[C@H]1c1cccc(O)c1. The molecular weight excluding hydrogens is 337 g/mol. The molecule has 0 radical (unpaired) electrons. The summed E-state index contributed by atoms with van der Waals surface area (Å²) in [5.74, 6) is -1.69. The van der Waals surface area contributed by atoms with E-state index in [1.54, 1.807) is 24.3 Å². The summed E-state index contributed by atoms with van der Waals surface area (Å²) in [6.45, 7) is 3.77. The molecule has 6 heteroatoms. The first-order chi connectivity index (χ1) is 10.8. The molecule has 3 atom stereocenters. The summed E-state index contributed by atoms with van der Waals surface area (Å²) in [6.07, 6.45) is 3.52. The van der Waals surface area contributed by atoms with E-state index in [0.717, 1.165) is 4.90 Å². The molecule has 0 aromatic heterocycles. The van der Waals surface area contributed by atoms with Gasteiger partial charge >= 0.3 is 0 Å². The van der Waals surface area contributed by atoms with Crippen LogP contribution in [0.2, 0.25) is 0 Å². The lowest BCUT2D eigenvalue weighted by atomic mass is 9.68. The topological polar surface area (TPSA) is 57.6 Å². The second-order valence-corrected chi connectivity index (χ2v) is 7.06. The van der Waals surface area contributed by atoms with Crippen molar-refractivity contribution in [2.75, 3.05) is 7.05 Å². The van der Waals surface area contributed by atoms with Crippen molar-refractivity contribution in [1.29, 1.82) is 0 Å². The monoisotopic (exact) mass is 351 g/mol. The molecule has 1 aromatic carbocycles. The highest BCUT2D eigenvalue weighted by Gasteiger charge is 2.72. The zero-order valence-electron chi connectivity index (χ0n) is 12.4. The van der Waals surface area contributed by atoms with Crippen molar-refractivity contribution < 1.29 is 14.7 Å². The Balaban J connectivity index is 2.28. The number of nitrogens with zero attached hydrogens (tertiary/aromatic N) is 1. The highest BCUT2D eigenvalue weighted by molar-refractivity contribution is 6.53. The average Bonchev–Trinajstić information content (AvgIpc) is 2.66. The molecule has 23 heavy (non-hydrogen) atoms. The molecule has 4 nitrogen and oxygen atoms in total. The number of phenols is 1. The number of likely N-dealkylation sites (tertiary alicyclic amines) is 1. The molecule has 0 bridgehead atoms. The third-order valence-electron chi connectivity index (χ3n) is 4.63. The lowest BCUT2D eigenvalue weighted by molar-refractivity contribution is -0.137. The number of rotatable bonds is 2. The van der Waals surface area contributed by atoms with Crippen LogP contribution in [0.1, 0.15) is 17.9 Å². The zero-order chi connectivity index (χ0) is 17.0. The molecule has 1 aliphatic heterocycles. The van der Waals surface area contributed by atoms with E-state index in [4.69, 9.17) is 23.2 Å². The number of allylic oxidation sites excluding steroid dienone is 3. The van der Waals surface area contributed by atoms with Gasteiger partial charge in [0.2, 0.25) is 0 Å². The van der Waals surface area contributed by atoms with E-state index in [1.165, 1.54) is 19.2 Å². The van der Waals surface area contributed by atoms with Crippen LogP contribution in [0.4, 0.5) is 0 Å². The van der Waals surface area contributed by atoms with Gasteiger partial charge in [-0.15, -0.1) is 23.2 Å². The van der Waals surface area contributed by atoms with Crippen molar-refractivity contribution >= 4 is 35.0 Å². The van der Waals surface area contributed by atoms with Crippen molar-refractivity contribution in [3.63, 3.8) is 0 Å². The van der Waals surface area contributed by atoms with Crippen LogP contribution in [0.3, 0.4) is 0 Å². The predicted octanol–water partition coefficient (Wildman–Crippen LogP) is 2.95. The molecule has 1 N–H and O–H groups in total. The van der Waals surface area contributed by atoms with Gasteiger partial charge in [0.25, 0.3) is 11.8 Å². The molecule has 2 amide bonds. The van der Waals surface area contributed by atoms with Crippen LogP contribution >= 0.6 is 23.2 Å². The third-order valence-corrected chi connectivity index (χ3v) is 6.04. The summed E-state index contributed by atoms with van der Waals surface area (Å²) >= 11 is 13.3. The van der Waals surface area contributed by atoms with Crippen molar-refractivity contribution in [3.05, 3.63) is 54.1 Å². The number of aromatic hydroxyl groups is 1. The Morgan fingerprint density at radius 1 is 1.35 bits per heavy atom. The Morgan fingerprint density at radius 2 is 2.04 bits per heavy atom.